The standard InChI is InChI=1S/C30H42O6/c1-17-14-30(15-18(2)26(32)36-30)34-23-16-28(5)10-7-8-21-20-12-19(9-11-29(28,6)25(17)23)33-22(20)13-24(31)35-27(21,3)4/h12-13,17-19,21,23,25H,7-11,14-16H2,1-6H3/t17-,18-,19+,21-,23?,25+,28-,29+,30+/m1/s1. The summed E-state index contributed by atoms with van der Waals surface area (Å²) in [5.74, 6) is 0.397. The van der Waals surface area contributed by atoms with E-state index in [1.807, 2.05) is 20.8 Å². The third kappa shape index (κ3) is 3.53. The molecule has 3 fully saturated rings. The van der Waals surface area contributed by atoms with Gasteiger partial charge in [0, 0.05) is 24.3 Å². The quantitative estimate of drug-likeness (QED) is 0.390. The Morgan fingerprint density at radius 3 is 2.44 bits per heavy atom. The van der Waals surface area contributed by atoms with Gasteiger partial charge in [-0.1, -0.05) is 34.1 Å². The lowest BCUT2D eigenvalue weighted by Crippen LogP contribution is -2.50. The first-order valence-corrected chi connectivity index (χ1v) is 14.1. The van der Waals surface area contributed by atoms with Gasteiger partial charge >= 0.3 is 11.9 Å². The highest BCUT2D eigenvalue weighted by molar-refractivity contribution is 5.84. The van der Waals surface area contributed by atoms with Crippen LogP contribution in [0.3, 0.4) is 0 Å². The molecular weight excluding hydrogens is 456 g/mol. The van der Waals surface area contributed by atoms with Crippen LogP contribution in [-0.2, 0) is 28.5 Å². The second-order valence-corrected chi connectivity index (χ2v) is 13.8. The Morgan fingerprint density at radius 1 is 0.944 bits per heavy atom. The van der Waals surface area contributed by atoms with Crippen LogP contribution in [0.2, 0.25) is 0 Å². The number of rotatable bonds is 0. The summed E-state index contributed by atoms with van der Waals surface area (Å²) in [6, 6.07) is 0. The predicted octanol–water partition coefficient (Wildman–Crippen LogP) is 5.85. The maximum atomic E-state index is 12.5. The summed E-state index contributed by atoms with van der Waals surface area (Å²) in [5, 5.41) is 0. The largest absolute Gasteiger partial charge is 0.486 e. The maximum Gasteiger partial charge on any atom is 0.335 e. The minimum Gasteiger partial charge on any atom is -0.486 e. The minimum absolute atomic E-state index is 0.0172. The van der Waals surface area contributed by atoms with Gasteiger partial charge in [0.1, 0.15) is 17.5 Å². The van der Waals surface area contributed by atoms with Crippen molar-refractivity contribution < 1.29 is 28.5 Å². The second-order valence-electron chi connectivity index (χ2n) is 13.8. The molecular formula is C30H42O6. The van der Waals surface area contributed by atoms with E-state index in [0.717, 1.165) is 50.5 Å². The molecule has 0 aromatic heterocycles. The number of fused-ring (bicyclic) bond motifs is 4. The lowest BCUT2D eigenvalue weighted by molar-refractivity contribution is -0.276. The molecule has 198 valence electrons. The Balaban J connectivity index is 1.32. The van der Waals surface area contributed by atoms with Gasteiger partial charge in [-0.05, 0) is 74.7 Å². The molecule has 1 saturated carbocycles. The van der Waals surface area contributed by atoms with Crippen molar-refractivity contribution in [3.63, 3.8) is 0 Å². The Morgan fingerprint density at radius 2 is 1.72 bits per heavy atom. The van der Waals surface area contributed by atoms with Gasteiger partial charge in [0.25, 0.3) is 0 Å². The molecule has 36 heavy (non-hydrogen) atoms. The molecule has 1 spiro atoms. The predicted molar refractivity (Wildman–Crippen MR) is 133 cm³/mol. The minimum atomic E-state index is -0.740. The summed E-state index contributed by atoms with van der Waals surface area (Å²) in [6.07, 6.45) is 11.4. The van der Waals surface area contributed by atoms with Crippen molar-refractivity contribution in [2.24, 2.45) is 34.5 Å². The van der Waals surface area contributed by atoms with E-state index in [0.29, 0.717) is 24.0 Å². The van der Waals surface area contributed by atoms with Crippen LogP contribution in [0.5, 0.6) is 0 Å². The van der Waals surface area contributed by atoms with Crippen molar-refractivity contribution in [1.29, 1.82) is 0 Å². The zero-order chi connectivity index (χ0) is 25.7. The number of carbonyl (C=O) groups is 2. The van der Waals surface area contributed by atoms with Gasteiger partial charge in [-0.3, -0.25) is 4.79 Å². The number of allylic oxidation sites excluding steroid dienone is 1. The smallest absolute Gasteiger partial charge is 0.335 e. The fourth-order valence-corrected chi connectivity index (χ4v) is 9.17. The van der Waals surface area contributed by atoms with Gasteiger partial charge in [-0.15, -0.1) is 0 Å². The van der Waals surface area contributed by atoms with Crippen molar-refractivity contribution in [3.05, 3.63) is 23.5 Å². The van der Waals surface area contributed by atoms with Gasteiger partial charge in [-0.2, -0.15) is 0 Å². The van der Waals surface area contributed by atoms with E-state index in [1.165, 1.54) is 0 Å². The Kier molecular flexibility index (Phi) is 5.34. The monoisotopic (exact) mass is 498 g/mol. The first kappa shape index (κ1) is 24.5. The number of hydrogen-bond acceptors (Lipinski definition) is 6. The molecule has 1 unspecified atom stereocenters. The van der Waals surface area contributed by atoms with E-state index >= 15 is 0 Å². The normalized spacial score (nSPS) is 49.5. The highest BCUT2D eigenvalue weighted by Crippen LogP contribution is 2.67. The van der Waals surface area contributed by atoms with Gasteiger partial charge in [0.2, 0.25) is 5.79 Å². The maximum absolute atomic E-state index is 12.5. The summed E-state index contributed by atoms with van der Waals surface area (Å²) in [4.78, 5) is 24.8. The molecule has 0 N–H and O–H groups in total. The van der Waals surface area contributed by atoms with Crippen LogP contribution in [-0.4, -0.2) is 35.5 Å². The summed E-state index contributed by atoms with van der Waals surface area (Å²) in [6.45, 7) is 13.3. The molecule has 2 aliphatic carbocycles. The van der Waals surface area contributed by atoms with Gasteiger partial charge in [0.05, 0.1) is 18.1 Å². The number of hydrogen-bond donors (Lipinski definition) is 0. The molecule has 4 aliphatic heterocycles. The van der Waals surface area contributed by atoms with E-state index < -0.39 is 11.4 Å². The number of carbonyl (C=O) groups excluding carboxylic acids is 2. The second kappa shape index (κ2) is 7.85. The molecule has 2 saturated heterocycles. The third-order valence-corrected chi connectivity index (χ3v) is 11.0. The molecule has 6 aliphatic rings. The first-order chi connectivity index (χ1) is 16.8. The third-order valence-electron chi connectivity index (χ3n) is 11.0. The molecule has 4 heterocycles. The van der Waals surface area contributed by atoms with Crippen LogP contribution in [0, 0.1) is 34.5 Å². The summed E-state index contributed by atoms with van der Waals surface area (Å²) in [7, 11) is 0. The molecule has 0 radical (unpaired) electrons. The van der Waals surface area contributed by atoms with E-state index in [9.17, 15) is 9.59 Å². The highest BCUT2D eigenvalue weighted by Gasteiger charge is 2.65. The number of cyclic esters (lactones) is 1. The van der Waals surface area contributed by atoms with Crippen LogP contribution in [0.25, 0.3) is 0 Å². The molecule has 6 heteroatoms. The van der Waals surface area contributed by atoms with E-state index in [-0.39, 0.29) is 46.8 Å². The summed E-state index contributed by atoms with van der Waals surface area (Å²) >= 11 is 0. The van der Waals surface area contributed by atoms with Crippen LogP contribution in [0.1, 0.15) is 92.9 Å². The van der Waals surface area contributed by atoms with Crippen LogP contribution < -0.4 is 0 Å². The Bertz CT molecular complexity index is 1040. The number of ether oxygens (including phenoxy) is 4. The molecule has 0 aromatic rings. The summed E-state index contributed by atoms with van der Waals surface area (Å²) < 4.78 is 24.9. The topological polar surface area (TPSA) is 71.1 Å². The molecule has 9 atom stereocenters. The number of esters is 2. The molecule has 6 nitrogen and oxygen atoms in total. The van der Waals surface area contributed by atoms with E-state index in [1.54, 1.807) is 6.08 Å². The first-order valence-electron chi connectivity index (χ1n) is 14.1. The molecule has 0 amide bonds. The van der Waals surface area contributed by atoms with Crippen molar-refractivity contribution in [3.8, 4) is 0 Å². The zero-order valence-electron chi connectivity index (χ0n) is 22.7. The van der Waals surface area contributed by atoms with Crippen molar-refractivity contribution in [2.75, 3.05) is 0 Å². The molecule has 0 aromatic carbocycles. The fourth-order valence-electron chi connectivity index (χ4n) is 9.17. The van der Waals surface area contributed by atoms with Gasteiger partial charge < -0.3 is 18.9 Å². The fraction of sp³-hybridized carbons (Fsp3) is 0.800. The molecule has 6 rings (SSSR count). The van der Waals surface area contributed by atoms with Crippen LogP contribution in [0.4, 0.5) is 0 Å². The Labute approximate surface area is 215 Å². The zero-order valence-corrected chi connectivity index (χ0v) is 22.7. The van der Waals surface area contributed by atoms with Crippen molar-refractivity contribution in [1.82, 2.24) is 0 Å². The lowest BCUT2D eigenvalue weighted by atomic mass is 9.57. The summed E-state index contributed by atoms with van der Waals surface area (Å²) in [5.41, 5.74) is 0.770. The Hall–Kier alpha value is -1.82. The highest BCUT2D eigenvalue weighted by atomic mass is 16.7. The van der Waals surface area contributed by atoms with Gasteiger partial charge in [0.15, 0.2) is 0 Å². The van der Waals surface area contributed by atoms with Gasteiger partial charge in [-0.25, -0.2) is 4.79 Å². The molecule has 2 bridgehead atoms. The van der Waals surface area contributed by atoms with Crippen LogP contribution in [0.15, 0.2) is 23.5 Å². The average Bonchev–Trinajstić information content (AvgIpc) is 3.31. The lowest BCUT2D eigenvalue weighted by Gasteiger charge is -2.50. The van der Waals surface area contributed by atoms with Crippen LogP contribution >= 0.6 is 0 Å². The van der Waals surface area contributed by atoms with E-state index in [4.69, 9.17) is 18.9 Å². The van der Waals surface area contributed by atoms with E-state index in [2.05, 4.69) is 26.8 Å². The van der Waals surface area contributed by atoms with Crippen molar-refractivity contribution in [2.45, 2.75) is 117 Å². The van der Waals surface area contributed by atoms with Crippen molar-refractivity contribution >= 4 is 11.9 Å². The SMILES string of the molecule is C[C@@H]1C[C@]2(C[C@@H](C)[C@H]3C(C[C@@]4(C)CCC[C@@H]5C6=C[C@H](CC[C@@]34C)OC6=CC(=O)OC5(C)C)O2)OC1=O. The average molecular weight is 499 g/mol.